The van der Waals surface area contributed by atoms with E-state index in [9.17, 15) is 14.4 Å². The number of rotatable bonds is 9. The van der Waals surface area contributed by atoms with Gasteiger partial charge in [-0.05, 0) is 30.3 Å². The molecule has 0 unspecified atom stereocenters. The molecular formula is C19H22N4O4. The van der Waals surface area contributed by atoms with Gasteiger partial charge in [0.25, 0.3) is 11.8 Å². The van der Waals surface area contributed by atoms with Gasteiger partial charge in [0.15, 0.2) is 0 Å². The first-order valence-electron chi connectivity index (χ1n) is 8.31. The number of amides is 3. The van der Waals surface area contributed by atoms with Gasteiger partial charge < -0.3 is 26.4 Å². The number of nitrogens with two attached hydrogens (primary N) is 1. The lowest BCUT2D eigenvalue weighted by Crippen LogP contribution is -2.27. The summed E-state index contributed by atoms with van der Waals surface area (Å²) in [4.78, 5) is 35.6. The zero-order valence-electron chi connectivity index (χ0n) is 15.0. The number of hydrogen-bond acceptors (Lipinski definition) is 5. The van der Waals surface area contributed by atoms with Crippen molar-refractivity contribution in [1.29, 1.82) is 0 Å². The smallest absolute Gasteiger partial charge is 0.251 e. The van der Waals surface area contributed by atoms with Crippen molar-refractivity contribution in [2.75, 3.05) is 37.4 Å². The lowest BCUT2D eigenvalue weighted by atomic mass is 10.1. The zero-order chi connectivity index (χ0) is 19.6. The van der Waals surface area contributed by atoms with E-state index in [1.165, 1.54) is 6.07 Å². The molecule has 2 aromatic rings. The maximum absolute atomic E-state index is 12.1. The third kappa shape index (κ3) is 6.12. The molecule has 0 aromatic heterocycles. The number of nitrogens with one attached hydrogen (secondary N) is 3. The molecule has 0 radical (unpaired) electrons. The molecule has 0 saturated heterocycles. The third-order valence-corrected chi connectivity index (χ3v) is 3.64. The predicted molar refractivity (Wildman–Crippen MR) is 103 cm³/mol. The number of ether oxygens (including phenoxy) is 1. The number of carbonyl (C=O) groups is 3. The van der Waals surface area contributed by atoms with Gasteiger partial charge in [0, 0.05) is 24.9 Å². The van der Waals surface area contributed by atoms with Crippen LogP contribution in [0.25, 0.3) is 0 Å². The average molecular weight is 370 g/mol. The van der Waals surface area contributed by atoms with Gasteiger partial charge in [0.2, 0.25) is 5.91 Å². The molecule has 5 N–H and O–H groups in total. The molecule has 0 aliphatic heterocycles. The Morgan fingerprint density at radius 3 is 2.59 bits per heavy atom. The summed E-state index contributed by atoms with van der Waals surface area (Å²) in [5.74, 6) is -1.19. The number of hydrogen-bond donors (Lipinski definition) is 4. The highest BCUT2D eigenvalue weighted by molar-refractivity contribution is 6.03. The summed E-state index contributed by atoms with van der Waals surface area (Å²) < 4.78 is 4.89. The Kier molecular flexibility index (Phi) is 7.33. The van der Waals surface area contributed by atoms with Gasteiger partial charge in [-0.2, -0.15) is 0 Å². The van der Waals surface area contributed by atoms with Crippen LogP contribution in [0.5, 0.6) is 0 Å². The summed E-state index contributed by atoms with van der Waals surface area (Å²) in [5, 5.41) is 8.31. The summed E-state index contributed by atoms with van der Waals surface area (Å²) in [5.41, 5.74) is 6.97. The van der Waals surface area contributed by atoms with Crippen LogP contribution in [0.15, 0.2) is 48.5 Å². The molecule has 0 heterocycles. The Balaban J connectivity index is 1.93. The van der Waals surface area contributed by atoms with Crippen molar-refractivity contribution in [1.82, 2.24) is 5.32 Å². The molecule has 2 aromatic carbocycles. The van der Waals surface area contributed by atoms with E-state index in [4.69, 9.17) is 10.5 Å². The first-order valence-corrected chi connectivity index (χ1v) is 8.31. The molecule has 0 aliphatic carbocycles. The molecule has 8 heteroatoms. The maximum Gasteiger partial charge on any atom is 0.251 e. The summed E-state index contributed by atoms with van der Waals surface area (Å²) >= 11 is 0. The number of anilines is 2. The van der Waals surface area contributed by atoms with Crippen molar-refractivity contribution in [3.63, 3.8) is 0 Å². The fourth-order valence-electron chi connectivity index (χ4n) is 2.32. The Morgan fingerprint density at radius 1 is 1.07 bits per heavy atom. The van der Waals surface area contributed by atoms with Gasteiger partial charge >= 0.3 is 0 Å². The van der Waals surface area contributed by atoms with Gasteiger partial charge in [-0.25, -0.2) is 0 Å². The zero-order valence-corrected chi connectivity index (χ0v) is 15.0. The van der Waals surface area contributed by atoms with Crippen LogP contribution in [0.3, 0.4) is 0 Å². The highest BCUT2D eigenvalue weighted by Crippen LogP contribution is 2.14. The van der Waals surface area contributed by atoms with Crippen LogP contribution in [-0.4, -0.2) is 44.5 Å². The molecular weight excluding hydrogens is 348 g/mol. The van der Waals surface area contributed by atoms with Gasteiger partial charge in [-0.3, -0.25) is 14.4 Å². The Bertz CT molecular complexity index is 823. The highest BCUT2D eigenvalue weighted by atomic mass is 16.5. The monoisotopic (exact) mass is 370 g/mol. The van der Waals surface area contributed by atoms with E-state index in [-0.39, 0.29) is 23.9 Å². The molecule has 0 atom stereocenters. The van der Waals surface area contributed by atoms with E-state index in [2.05, 4.69) is 16.0 Å². The molecule has 3 amide bonds. The van der Waals surface area contributed by atoms with E-state index in [1.807, 2.05) is 0 Å². The first-order chi connectivity index (χ1) is 13.0. The molecule has 8 nitrogen and oxygen atoms in total. The second-order valence-corrected chi connectivity index (χ2v) is 5.64. The summed E-state index contributed by atoms with van der Waals surface area (Å²) in [6, 6.07) is 13.3. The molecule has 0 aliphatic rings. The summed E-state index contributed by atoms with van der Waals surface area (Å²) in [6.45, 7) is 0.799. The second-order valence-electron chi connectivity index (χ2n) is 5.64. The predicted octanol–water partition coefficient (Wildman–Crippen LogP) is 1.21. The molecule has 142 valence electrons. The van der Waals surface area contributed by atoms with Crippen molar-refractivity contribution < 1.29 is 19.1 Å². The normalized spacial score (nSPS) is 10.1. The van der Waals surface area contributed by atoms with E-state index >= 15 is 0 Å². The lowest BCUT2D eigenvalue weighted by molar-refractivity contribution is -0.114. The Hall–Kier alpha value is -3.39. The largest absolute Gasteiger partial charge is 0.383 e. The van der Waals surface area contributed by atoms with Crippen LogP contribution in [0.4, 0.5) is 11.4 Å². The van der Waals surface area contributed by atoms with Gasteiger partial charge in [0.05, 0.1) is 24.4 Å². The number of methoxy groups -OCH3 is 1. The van der Waals surface area contributed by atoms with Crippen molar-refractivity contribution in [3.8, 4) is 0 Å². The lowest BCUT2D eigenvalue weighted by Gasteiger charge is -2.11. The minimum Gasteiger partial charge on any atom is -0.383 e. The summed E-state index contributed by atoms with van der Waals surface area (Å²) in [6.07, 6.45) is 0. The van der Waals surface area contributed by atoms with Crippen LogP contribution in [0.1, 0.15) is 20.7 Å². The van der Waals surface area contributed by atoms with Crippen LogP contribution in [-0.2, 0) is 9.53 Å². The number of primary amides is 1. The van der Waals surface area contributed by atoms with Crippen molar-refractivity contribution in [2.45, 2.75) is 0 Å². The molecule has 0 saturated carbocycles. The fourth-order valence-corrected chi connectivity index (χ4v) is 2.32. The molecule has 0 bridgehead atoms. The minimum absolute atomic E-state index is 0.0398. The number of benzene rings is 2. The van der Waals surface area contributed by atoms with Gasteiger partial charge in [0.1, 0.15) is 0 Å². The van der Waals surface area contributed by atoms with E-state index in [0.717, 1.165) is 0 Å². The Morgan fingerprint density at radius 2 is 1.85 bits per heavy atom. The van der Waals surface area contributed by atoms with Crippen molar-refractivity contribution in [3.05, 3.63) is 59.7 Å². The first kappa shape index (κ1) is 19.9. The van der Waals surface area contributed by atoms with E-state index in [1.54, 1.807) is 49.6 Å². The molecule has 0 spiro atoms. The van der Waals surface area contributed by atoms with Crippen LogP contribution < -0.4 is 21.7 Å². The van der Waals surface area contributed by atoms with E-state index in [0.29, 0.717) is 30.1 Å². The average Bonchev–Trinajstić information content (AvgIpc) is 2.67. The van der Waals surface area contributed by atoms with Gasteiger partial charge in [-0.1, -0.05) is 18.2 Å². The van der Waals surface area contributed by atoms with Crippen molar-refractivity contribution >= 4 is 29.1 Å². The standard InChI is InChI=1S/C19H22N4O4/c1-27-10-9-21-19(26)13-5-4-6-14(11-13)22-12-17(24)23-16-8-3-2-7-15(16)18(20)25/h2-8,11,22H,9-10,12H2,1H3,(H2,20,25)(H,21,26)(H,23,24). The molecule has 27 heavy (non-hydrogen) atoms. The Labute approximate surface area is 157 Å². The van der Waals surface area contributed by atoms with Crippen LogP contribution >= 0.6 is 0 Å². The van der Waals surface area contributed by atoms with Crippen LogP contribution in [0, 0.1) is 0 Å². The quantitative estimate of drug-likeness (QED) is 0.494. The molecule has 2 rings (SSSR count). The molecule has 0 fully saturated rings. The maximum atomic E-state index is 12.1. The highest BCUT2D eigenvalue weighted by Gasteiger charge is 2.11. The second kappa shape index (κ2) is 9.93. The van der Waals surface area contributed by atoms with Crippen molar-refractivity contribution in [2.24, 2.45) is 5.73 Å². The topological polar surface area (TPSA) is 123 Å². The fraction of sp³-hybridized carbons (Fsp3) is 0.211. The minimum atomic E-state index is -0.619. The number of carbonyl (C=O) groups excluding carboxylic acids is 3. The number of para-hydroxylation sites is 1. The SMILES string of the molecule is COCCNC(=O)c1cccc(NCC(=O)Nc2ccccc2C(N)=O)c1. The third-order valence-electron chi connectivity index (χ3n) is 3.64. The van der Waals surface area contributed by atoms with Gasteiger partial charge in [-0.15, -0.1) is 0 Å². The summed E-state index contributed by atoms with van der Waals surface area (Å²) in [7, 11) is 1.56. The van der Waals surface area contributed by atoms with E-state index < -0.39 is 5.91 Å². The van der Waals surface area contributed by atoms with Crippen LogP contribution in [0.2, 0.25) is 0 Å².